The maximum Gasteiger partial charge on any atom is 0.0784 e. The molecule has 5 aromatic heterocycles. The Labute approximate surface area is 332 Å². The predicted molar refractivity (Wildman–Crippen MR) is 242 cm³/mol. The van der Waals surface area contributed by atoms with Crippen LogP contribution in [0.2, 0.25) is 0 Å². The molecule has 0 radical (unpaired) electrons. The first-order chi connectivity index (χ1) is 28.4. The summed E-state index contributed by atoms with van der Waals surface area (Å²) in [5.41, 5.74) is 20.6. The Balaban J connectivity index is 1.17. The molecule has 0 N–H and O–H groups in total. The van der Waals surface area contributed by atoms with Gasteiger partial charge in [0.1, 0.15) is 0 Å². The van der Waals surface area contributed by atoms with Gasteiger partial charge in [0.2, 0.25) is 0 Å². The number of rotatable bonds is 0. The summed E-state index contributed by atoms with van der Waals surface area (Å²) in [5, 5.41) is 10.5. The number of fused-ring (bicyclic) bond motifs is 20. The third-order valence-electron chi connectivity index (χ3n) is 14.8. The molecule has 0 aliphatic carbocycles. The number of benzene rings is 8. The van der Waals surface area contributed by atoms with Gasteiger partial charge in [-0.1, -0.05) is 137 Å². The van der Waals surface area contributed by atoms with Crippen LogP contribution in [0.4, 0.5) is 0 Å². The quantitative estimate of drug-likeness (QED) is 0.138. The zero-order chi connectivity index (χ0) is 38.1. The van der Waals surface area contributed by atoms with Gasteiger partial charge in [-0.2, -0.15) is 0 Å². The highest BCUT2D eigenvalue weighted by Gasteiger charge is 2.38. The number of aromatic nitrogens is 4. The molecule has 2 aliphatic rings. The van der Waals surface area contributed by atoms with Crippen LogP contribution in [0.3, 0.4) is 0 Å². The third kappa shape index (κ3) is 3.02. The largest absolute Gasteiger partial charge is 0.308 e. The van der Waals surface area contributed by atoms with Crippen LogP contribution in [0.5, 0.6) is 0 Å². The highest BCUT2D eigenvalue weighted by molar-refractivity contribution is 6.32. The van der Waals surface area contributed by atoms with E-state index in [1.165, 1.54) is 132 Å². The van der Waals surface area contributed by atoms with Crippen LogP contribution in [0, 0.1) is 0 Å². The summed E-state index contributed by atoms with van der Waals surface area (Å²) >= 11 is 0. The van der Waals surface area contributed by atoms with E-state index in [2.05, 4.69) is 191 Å². The monoisotopic (exact) mass is 740 g/mol. The summed E-state index contributed by atoms with van der Waals surface area (Å²) in [6.45, 7) is 9.54. The van der Waals surface area contributed by atoms with Gasteiger partial charge in [-0.15, -0.1) is 0 Å². The summed E-state index contributed by atoms with van der Waals surface area (Å²) in [6, 6.07) is 55.5. The van der Waals surface area contributed by atoms with Crippen LogP contribution in [0.15, 0.2) is 146 Å². The molecule has 0 saturated heterocycles. The van der Waals surface area contributed by atoms with E-state index in [0.29, 0.717) is 0 Å². The highest BCUT2D eigenvalue weighted by Crippen LogP contribution is 2.53. The van der Waals surface area contributed by atoms with E-state index < -0.39 is 0 Å². The third-order valence-corrected chi connectivity index (χ3v) is 14.8. The number of hydrogen-bond acceptors (Lipinski definition) is 0. The van der Waals surface area contributed by atoms with Crippen molar-refractivity contribution in [2.45, 2.75) is 38.5 Å². The average molecular weight is 741 g/mol. The van der Waals surface area contributed by atoms with Crippen LogP contribution in [-0.4, -0.2) is 17.9 Å². The molecule has 15 rings (SSSR count). The number of nitrogens with zero attached hydrogens (tertiary/aromatic N) is 4. The summed E-state index contributed by atoms with van der Waals surface area (Å²) in [5.74, 6) is 0. The molecule has 0 amide bonds. The van der Waals surface area contributed by atoms with E-state index in [1.807, 2.05) is 0 Å². The molecule has 0 fully saturated rings. The molecule has 7 heterocycles. The lowest BCUT2D eigenvalue weighted by molar-refractivity contribution is 0.630. The fourth-order valence-electron chi connectivity index (χ4n) is 12.4. The van der Waals surface area contributed by atoms with Crippen LogP contribution in [0.25, 0.3) is 110 Å². The Morgan fingerprint density at radius 2 is 0.672 bits per heavy atom. The van der Waals surface area contributed by atoms with Crippen molar-refractivity contribution in [3.63, 3.8) is 0 Å². The van der Waals surface area contributed by atoms with Gasteiger partial charge < -0.3 is 17.9 Å². The number of hydrogen-bond donors (Lipinski definition) is 0. The molecule has 0 atom stereocenters. The second-order valence-electron chi connectivity index (χ2n) is 18.1. The van der Waals surface area contributed by atoms with Crippen molar-refractivity contribution in [3.8, 4) is 11.4 Å². The fraction of sp³-hybridized carbons (Fsp3) is 0.111. The molecule has 13 aromatic rings. The standard InChI is InChI=1S/C54H36N4/c1-53(2)35-17-5-7-21-39(35)57-47-29(13-9-19-37(47)53)31-25-27-41-45(51(31)57)33-15-11-23-43-49(33)55(41)44-24-12-16-34-46-42(56(43)50(34)44)28-26-32-30-14-10-20-38-48(30)58(52(32)46)40-22-8-6-18-36(40)54(38,3)4/h5-28H,1-4H3. The van der Waals surface area contributed by atoms with Crippen LogP contribution < -0.4 is 0 Å². The Hall–Kier alpha value is -7.04. The second-order valence-corrected chi connectivity index (χ2v) is 18.1. The van der Waals surface area contributed by atoms with E-state index in [0.717, 1.165) is 0 Å². The molecule has 58 heavy (non-hydrogen) atoms. The predicted octanol–water partition coefficient (Wildman–Crippen LogP) is 13.7. The van der Waals surface area contributed by atoms with Gasteiger partial charge in [-0.25, -0.2) is 0 Å². The van der Waals surface area contributed by atoms with E-state index in [9.17, 15) is 0 Å². The Kier molecular flexibility index (Phi) is 4.88. The van der Waals surface area contributed by atoms with E-state index >= 15 is 0 Å². The minimum absolute atomic E-state index is 0.112. The van der Waals surface area contributed by atoms with Crippen molar-refractivity contribution in [3.05, 3.63) is 168 Å². The maximum atomic E-state index is 2.60. The molecule has 8 aromatic carbocycles. The first-order valence-corrected chi connectivity index (χ1v) is 20.6. The Bertz CT molecular complexity index is 3810. The summed E-state index contributed by atoms with van der Waals surface area (Å²) in [4.78, 5) is 0. The molecule has 2 aliphatic heterocycles. The lowest BCUT2D eigenvalue weighted by Crippen LogP contribution is -2.26. The minimum Gasteiger partial charge on any atom is -0.308 e. The lowest BCUT2D eigenvalue weighted by atomic mass is 9.75. The molecule has 4 heteroatoms. The zero-order valence-corrected chi connectivity index (χ0v) is 32.6. The van der Waals surface area contributed by atoms with Crippen molar-refractivity contribution in [1.29, 1.82) is 0 Å². The van der Waals surface area contributed by atoms with Gasteiger partial charge in [0.05, 0.1) is 66.5 Å². The molecule has 272 valence electrons. The molecule has 4 nitrogen and oxygen atoms in total. The fourth-order valence-corrected chi connectivity index (χ4v) is 12.4. The summed E-state index contributed by atoms with van der Waals surface area (Å²) in [6.07, 6.45) is 0. The Morgan fingerprint density at radius 3 is 1.14 bits per heavy atom. The smallest absolute Gasteiger partial charge is 0.0784 e. The second kappa shape index (κ2) is 9.39. The van der Waals surface area contributed by atoms with Crippen LogP contribution in [0.1, 0.15) is 49.9 Å². The van der Waals surface area contributed by atoms with Gasteiger partial charge in [-0.3, -0.25) is 0 Å². The van der Waals surface area contributed by atoms with Gasteiger partial charge in [-0.05, 0) is 58.7 Å². The van der Waals surface area contributed by atoms with Crippen molar-refractivity contribution < 1.29 is 0 Å². The summed E-state index contributed by atoms with van der Waals surface area (Å²) < 4.78 is 10.4. The maximum absolute atomic E-state index is 2.60. The minimum atomic E-state index is -0.112. The van der Waals surface area contributed by atoms with Gasteiger partial charge in [0.15, 0.2) is 0 Å². The molecular formula is C54H36N4. The Morgan fingerprint density at radius 1 is 0.293 bits per heavy atom. The molecule has 0 unspecified atom stereocenters. The van der Waals surface area contributed by atoms with E-state index in [-0.39, 0.29) is 10.8 Å². The van der Waals surface area contributed by atoms with Gasteiger partial charge in [0, 0.05) is 53.9 Å². The van der Waals surface area contributed by atoms with E-state index in [4.69, 9.17) is 0 Å². The van der Waals surface area contributed by atoms with Crippen molar-refractivity contribution in [2.24, 2.45) is 0 Å². The van der Waals surface area contributed by atoms with E-state index in [1.54, 1.807) is 0 Å². The highest BCUT2D eigenvalue weighted by atomic mass is 15.0. The van der Waals surface area contributed by atoms with Crippen molar-refractivity contribution in [1.82, 2.24) is 17.9 Å². The zero-order valence-electron chi connectivity index (χ0n) is 32.6. The number of para-hydroxylation sites is 6. The average Bonchev–Trinajstić information content (AvgIpc) is 3.98. The molecular weight excluding hydrogens is 705 g/mol. The summed E-state index contributed by atoms with van der Waals surface area (Å²) in [7, 11) is 0. The normalized spacial score (nSPS) is 15.5. The SMILES string of the molecule is CC1(C)c2ccccc2-n2c3c1cccc3c1ccc3c(c4cccc5c4n3c3cccc4c6c7c(ccc6n5c43)c3cccc4c3n7-c3ccccc3C4(C)C)c12. The van der Waals surface area contributed by atoms with Crippen LogP contribution in [-0.2, 0) is 10.8 Å². The first-order valence-electron chi connectivity index (χ1n) is 20.6. The van der Waals surface area contributed by atoms with Crippen LogP contribution >= 0.6 is 0 Å². The first kappa shape index (κ1) is 30.1. The molecule has 0 saturated carbocycles. The molecule has 0 bridgehead atoms. The van der Waals surface area contributed by atoms with Crippen molar-refractivity contribution in [2.75, 3.05) is 0 Å². The topological polar surface area (TPSA) is 18.7 Å². The lowest BCUT2D eigenvalue weighted by Gasteiger charge is -2.34. The van der Waals surface area contributed by atoms with Gasteiger partial charge >= 0.3 is 0 Å². The molecule has 0 spiro atoms. The van der Waals surface area contributed by atoms with Gasteiger partial charge in [0.25, 0.3) is 0 Å². The van der Waals surface area contributed by atoms with Crippen molar-refractivity contribution >= 4 is 98.3 Å².